The second kappa shape index (κ2) is 8.83. The summed E-state index contributed by atoms with van der Waals surface area (Å²) >= 11 is 1.45. The smallest absolute Gasteiger partial charge is 0.292 e. The second-order valence-corrected chi connectivity index (χ2v) is 9.31. The molecule has 4 aromatic rings. The van der Waals surface area contributed by atoms with Crippen molar-refractivity contribution in [2.45, 2.75) is 32.6 Å². The number of anilines is 1. The fraction of sp³-hybridized carbons (Fsp3) is 0.231. The zero-order chi connectivity index (χ0) is 22.9. The molecule has 0 atom stereocenters. The van der Waals surface area contributed by atoms with E-state index in [0.717, 1.165) is 41.7 Å². The van der Waals surface area contributed by atoms with Gasteiger partial charge in [0.15, 0.2) is 5.76 Å². The number of thiophene rings is 1. The third-order valence-electron chi connectivity index (χ3n) is 6.02. The van der Waals surface area contributed by atoms with Gasteiger partial charge in [0.25, 0.3) is 11.8 Å². The first-order valence-electron chi connectivity index (χ1n) is 11.0. The van der Waals surface area contributed by atoms with Crippen LogP contribution in [0.5, 0.6) is 0 Å². The SMILES string of the molecule is Cc1c(C(=O)Nc2sc3c(c2C(=O)NCCc2ccccc2)CCC3)oc2ccc(F)cc12. The van der Waals surface area contributed by atoms with Gasteiger partial charge in [-0.2, -0.15) is 0 Å². The second-order valence-electron chi connectivity index (χ2n) is 8.20. The average molecular weight is 463 g/mol. The van der Waals surface area contributed by atoms with Gasteiger partial charge in [-0.05, 0) is 61.9 Å². The van der Waals surface area contributed by atoms with Gasteiger partial charge in [-0.15, -0.1) is 11.3 Å². The van der Waals surface area contributed by atoms with E-state index >= 15 is 0 Å². The lowest BCUT2D eigenvalue weighted by molar-refractivity contribution is 0.0954. The summed E-state index contributed by atoms with van der Waals surface area (Å²) in [4.78, 5) is 27.3. The summed E-state index contributed by atoms with van der Waals surface area (Å²) in [6.45, 7) is 2.24. The van der Waals surface area contributed by atoms with E-state index < -0.39 is 5.91 Å². The summed E-state index contributed by atoms with van der Waals surface area (Å²) in [5.74, 6) is -0.881. The molecule has 1 aliphatic rings. The normalized spacial score (nSPS) is 12.7. The van der Waals surface area contributed by atoms with E-state index in [2.05, 4.69) is 10.6 Å². The molecule has 7 heteroatoms. The van der Waals surface area contributed by atoms with Crippen LogP contribution in [0.15, 0.2) is 52.9 Å². The highest BCUT2D eigenvalue weighted by atomic mass is 32.1. The lowest BCUT2D eigenvalue weighted by Crippen LogP contribution is -2.27. The minimum atomic E-state index is -0.442. The molecule has 2 aromatic heterocycles. The third-order valence-corrected chi connectivity index (χ3v) is 7.23. The highest BCUT2D eigenvalue weighted by Crippen LogP contribution is 2.39. The Labute approximate surface area is 194 Å². The molecule has 2 amide bonds. The van der Waals surface area contributed by atoms with Crippen LogP contribution in [0.4, 0.5) is 9.39 Å². The maximum absolute atomic E-state index is 13.6. The van der Waals surface area contributed by atoms with Gasteiger partial charge in [0, 0.05) is 22.4 Å². The molecule has 0 saturated heterocycles. The molecule has 0 bridgehead atoms. The Morgan fingerprint density at radius 3 is 2.73 bits per heavy atom. The van der Waals surface area contributed by atoms with Gasteiger partial charge in [-0.3, -0.25) is 9.59 Å². The quantitative estimate of drug-likeness (QED) is 0.389. The highest BCUT2D eigenvalue weighted by Gasteiger charge is 2.28. The number of hydrogen-bond acceptors (Lipinski definition) is 4. The average Bonchev–Trinajstić information content (AvgIpc) is 3.48. The summed E-state index contributed by atoms with van der Waals surface area (Å²) in [5, 5.41) is 7.00. The number of fused-ring (bicyclic) bond motifs is 2. The van der Waals surface area contributed by atoms with Gasteiger partial charge in [-0.25, -0.2) is 4.39 Å². The molecule has 33 heavy (non-hydrogen) atoms. The molecule has 5 nitrogen and oxygen atoms in total. The van der Waals surface area contributed by atoms with Gasteiger partial charge in [0.2, 0.25) is 0 Å². The number of carbonyl (C=O) groups excluding carboxylic acids is 2. The van der Waals surface area contributed by atoms with Crippen molar-refractivity contribution in [2.24, 2.45) is 0 Å². The van der Waals surface area contributed by atoms with Gasteiger partial charge in [-0.1, -0.05) is 30.3 Å². The standard InChI is InChI=1S/C26H23FN2O3S/c1-15-19-14-17(27)10-11-20(19)32-23(15)25(31)29-26-22(18-8-5-9-21(18)33-26)24(30)28-13-12-16-6-3-2-4-7-16/h2-4,6-7,10-11,14H,5,8-9,12-13H2,1H3,(H,28,30)(H,29,31). The number of rotatable bonds is 6. The van der Waals surface area contributed by atoms with E-state index in [0.29, 0.717) is 33.6 Å². The molecule has 1 aliphatic carbocycles. The Morgan fingerprint density at radius 1 is 1.09 bits per heavy atom. The maximum Gasteiger partial charge on any atom is 0.292 e. The first-order chi connectivity index (χ1) is 16.0. The fourth-order valence-electron chi connectivity index (χ4n) is 4.36. The highest BCUT2D eigenvalue weighted by molar-refractivity contribution is 7.17. The van der Waals surface area contributed by atoms with Crippen LogP contribution < -0.4 is 10.6 Å². The van der Waals surface area contributed by atoms with E-state index in [1.54, 1.807) is 6.92 Å². The molecule has 0 radical (unpaired) electrons. The predicted molar refractivity (Wildman–Crippen MR) is 128 cm³/mol. The number of furan rings is 1. The molecule has 0 unspecified atom stereocenters. The minimum Gasteiger partial charge on any atom is -0.451 e. The van der Waals surface area contributed by atoms with Gasteiger partial charge >= 0.3 is 0 Å². The monoisotopic (exact) mass is 462 g/mol. The van der Waals surface area contributed by atoms with Gasteiger partial charge in [0.1, 0.15) is 16.4 Å². The fourth-order valence-corrected chi connectivity index (χ4v) is 5.64. The number of amides is 2. The van der Waals surface area contributed by atoms with Crippen molar-refractivity contribution in [2.75, 3.05) is 11.9 Å². The molecule has 2 heterocycles. The molecule has 0 aliphatic heterocycles. The summed E-state index contributed by atoms with van der Waals surface area (Å²) in [6.07, 6.45) is 3.47. The van der Waals surface area contributed by atoms with Gasteiger partial charge < -0.3 is 15.1 Å². The number of aryl methyl sites for hydroxylation is 2. The zero-order valence-corrected chi connectivity index (χ0v) is 19.0. The van der Waals surface area contributed by atoms with Crippen LogP contribution in [0.25, 0.3) is 11.0 Å². The van der Waals surface area contributed by atoms with Crippen LogP contribution >= 0.6 is 11.3 Å². The Morgan fingerprint density at radius 2 is 1.91 bits per heavy atom. The Kier molecular flexibility index (Phi) is 5.72. The number of halogens is 1. The Hall–Kier alpha value is -3.45. The lowest BCUT2D eigenvalue weighted by Gasteiger charge is -2.09. The Bertz CT molecular complexity index is 1360. The topological polar surface area (TPSA) is 71.3 Å². The van der Waals surface area contributed by atoms with Crippen LogP contribution in [0.1, 0.15) is 48.9 Å². The summed E-state index contributed by atoms with van der Waals surface area (Å²) in [6, 6.07) is 14.1. The zero-order valence-electron chi connectivity index (χ0n) is 18.2. The molecule has 2 N–H and O–H groups in total. The predicted octanol–water partition coefficient (Wildman–Crippen LogP) is 5.66. The van der Waals surface area contributed by atoms with Crippen molar-refractivity contribution in [3.63, 3.8) is 0 Å². The van der Waals surface area contributed by atoms with E-state index in [4.69, 9.17) is 4.42 Å². The summed E-state index contributed by atoms with van der Waals surface area (Å²) in [5.41, 5.74) is 3.75. The number of carbonyl (C=O) groups is 2. The minimum absolute atomic E-state index is 0.125. The van der Waals surface area contributed by atoms with Crippen LogP contribution in [-0.2, 0) is 19.3 Å². The van der Waals surface area contributed by atoms with Crippen molar-refractivity contribution in [3.8, 4) is 0 Å². The molecule has 5 rings (SSSR count). The number of benzene rings is 2. The molecule has 0 saturated carbocycles. The van der Waals surface area contributed by atoms with Crippen molar-refractivity contribution in [1.29, 1.82) is 0 Å². The van der Waals surface area contributed by atoms with Crippen molar-refractivity contribution < 1.29 is 18.4 Å². The van der Waals surface area contributed by atoms with Crippen LogP contribution in [-0.4, -0.2) is 18.4 Å². The molecular formula is C26H23FN2O3S. The molecule has 0 fully saturated rings. The first-order valence-corrected chi connectivity index (χ1v) is 11.8. The molecule has 168 valence electrons. The third kappa shape index (κ3) is 4.16. The molecular weight excluding hydrogens is 439 g/mol. The number of nitrogens with one attached hydrogen (secondary N) is 2. The van der Waals surface area contributed by atoms with Crippen LogP contribution in [0, 0.1) is 12.7 Å². The Balaban J connectivity index is 1.37. The largest absolute Gasteiger partial charge is 0.451 e. The van der Waals surface area contributed by atoms with E-state index in [1.807, 2.05) is 30.3 Å². The summed E-state index contributed by atoms with van der Waals surface area (Å²) < 4.78 is 19.3. The van der Waals surface area contributed by atoms with E-state index in [1.165, 1.54) is 29.5 Å². The van der Waals surface area contributed by atoms with Crippen molar-refractivity contribution in [3.05, 3.63) is 87.2 Å². The maximum atomic E-state index is 13.6. The number of hydrogen-bond donors (Lipinski definition) is 2. The first kappa shape index (κ1) is 21.4. The molecule has 2 aromatic carbocycles. The van der Waals surface area contributed by atoms with E-state index in [-0.39, 0.29) is 17.5 Å². The molecule has 0 spiro atoms. The van der Waals surface area contributed by atoms with Gasteiger partial charge in [0.05, 0.1) is 5.56 Å². The lowest BCUT2D eigenvalue weighted by atomic mass is 10.1. The summed E-state index contributed by atoms with van der Waals surface area (Å²) in [7, 11) is 0. The van der Waals surface area contributed by atoms with E-state index in [9.17, 15) is 14.0 Å². The van der Waals surface area contributed by atoms with Crippen molar-refractivity contribution in [1.82, 2.24) is 5.32 Å². The van der Waals surface area contributed by atoms with Crippen LogP contribution in [0.3, 0.4) is 0 Å². The van der Waals surface area contributed by atoms with Crippen LogP contribution in [0.2, 0.25) is 0 Å². The van der Waals surface area contributed by atoms with Crippen molar-refractivity contribution >= 4 is 39.1 Å².